The van der Waals surface area contributed by atoms with Gasteiger partial charge in [-0.3, -0.25) is 9.59 Å². The summed E-state index contributed by atoms with van der Waals surface area (Å²) in [6.45, 7) is 2.32. The summed E-state index contributed by atoms with van der Waals surface area (Å²) in [5.41, 5.74) is -0.107. The molecular formula is C8H9ClN2O2. The molecule has 0 spiro atoms. The number of carbonyl (C=O) groups excluding carboxylic acids is 1. The topological polar surface area (TPSA) is 62.0 Å². The van der Waals surface area contributed by atoms with Gasteiger partial charge >= 0.3 is 0 Å². The summed E-state index contributed by atoms with van der Waals surface area (Å²) >= 11 is 5.56. The Morgan fingerprint density at radius 2 is 2.31 bits per heavy atom. The molecule has 0 aromatic carbocycles. The molecule has 13 heavy (non-hydrogen) atoms. The largest absolute Gasteiger partial charge is 0.352 e. The molecular weight excluding hydrogens is 192 g/mol. The molecule has 0 bridgehead atoms. The molecule has 1 amide bonds. The van der Waals surface area contributed by atoms with Gasteiger partial charge in [0, 0.05) is 18.2 Å². The van der Waals surface area contributed by atoms with E-state index in [-0.39, 0.29) is 22.2 Å². The van der Waals surface area contributed by atoms with E-state index in [1.54, 1.807) is 6.92 Å². The molecule has 1 aromatic rings. The molecule has 0 aliphatic carbocycles. The van der Waals surface area contributed by atoms with Gasteiger partial charge in [-0.2, -0.15) is 0 Å². The summed E-state index contributed by atoms with van der Waals surface area (Å²) in [6.07, 6.45) is 0. The summed E-state index contributed by atoms with van der Waals surface area (Å²) in [6, 6.07) is 2.62. The molecule has 0 aliphatic heterocycles. The van der Waals surface area contributed by atoms with Crippen LogP contribution in [0.1, 0.15) is 17.3 Å². The van der Waals surface area contributed by atoms with Gasteiger partial charge < -0.3 is 10.3 Å². The molecule has 5 heteroatoms. The van der Waals surface area contributed by atoms with Crippen molar-refractivity contribution in [2.24, 2.45) is 0 Å². The summed E-state index contributed by atoms with van der Waals surface area (Å²) in [5, 5.41) is 2.73. The molecule has 0 saturated carbocycles. The van der Waals surface area contributed by atoms with Crippen molar-refractivity contribution in [2.45, 2.75) is 6.92 Å². The van der Waals surface area contributed by atoms with Crippen molar-refractivity contribution in [3.8, 4) is 0 Å². The Bertz CT molecular complexity index is 373. The van der Waals surface area contributed by atoms with E-state index < -0.39 is 0 Å². The zero-order valence-corrected chi connectivity index (χ0v) is 7.81. The summed E-state index contributed by atoms with van der Waals surface area (Å²) in [7, 11) is 0. The Hall–Kier alpha value is -1.29. The summed E-state index contributed by atoms with van der Waals surface area (Å²) in [5.74, 6) is -0.296. The lowest BCUT2D eigenvalue weighted by Crippen LogP contribution is -2.24. The molecule has 0 saturated heterocycles. The Kier molecular flexibility index (Phi) is 3.08. The van der Waals surface area contributed by atoms with Crippen molar-refractivity contribution < 1.29 is 4.79 Å². The first-order valence-electron chi connectivity index (χ1n) is 3.81. The van der Waals surface area contributed by atoms with Crippen LogP contribution in [0, 0.1) is 0 Å². The van der Waals surface area contributed by atoms with E-state index in [9.17, 15) is 9.59 Å². The fourth-order valence-electron chi connectivity index (χ4n) is 0.903. The number of hydrogen-bond acceptors (Lipinski definition) is 2. The molecule has 0 radical (unpaired) electrons. The first-order chi connectivity index (χ1) is 6.13. The number of amides is 1. The minimum atomic E-state index is -0.381. The molecule has 1 heterocycles. The number of rotatable bonds is 2. The summed E-state index contributed by atoms with van der Waals surface area (Å²) < 4.78 is 0. The molecule has 0 aliphatic rings. The third kappa shape index (κ3) is 2.59. The lowest BCUT2D eigenvalue weighted by molar-refractivity contribution is 0.0955. The second kappa shape index (κ2) is 4.09. The lowest BCUT2D eigenvalue weighted by atomic mass is 10.2. The minimum absolute atomic E-state index is 0.161. The van der Waals surface area contributed by atoms with Gasteiger partial charge in [0.2, 0.25) is 5.56 Å². The van der Waals surface area contributed by atoms with Crippen molar-refractivity contribution in [3.63, 3.8) is 0 Å². The van der Waals surface area contributed by atoms with Crippen LogP contribution in [0.15, 0.2) is 16.9 Å². The maximum atomic E-state index is 11.2. The normalized spacial score (nSPS) is 9.69. The van der Waals surface area contributed by atoms with Crippen molar-refractivity contribution in [1.82, 2.24) is 10.3 Å². The first kappa shape index (κ1) is 9.80. The average Bonchev–Trinajstić information content (AvgIpc) is 2.03. The van der Waals surface area contributed by atoms with Gasteiger partial charge in [-0.15, -0.1) is 0 Å². The molecule has 0 atom stereocenters. The van der Waals surface area contributed by atoms with Crippen LogP contribution in [0.25, 0.3) is 0 Å². The van der Waals surface area contributed by atoms with Crippen molar-refractivity contribution in [3.05, 3.63) is 33.2 Å². The highest BCUT2D eigenvalue weighted by molar-refractivity contribution is 6.29. The van der Waals surface area contributed by atoms with E-state index >= 15 is 0 Å². The van der Waals surface area contributed by atoms with E-state index in [1.165, 1.54) is 12.1 Å². The van der Waals surface area contributed by atoms with Crippen molar-refractivity contribution >= 4 is 17.5 Å². The number of hydrogen-bond donors (Lipinski definition) is 2. The van der Waals surface area contributed by atoms with E-state index in [1.807, 2.05) is 0 Å². The second-order valence-corrected chi connectivity index (χ2v) is 2.85. The Labute approximate surface area is 79.9 Å². The predicted octanol–water partition coefficient (Wildman–Crippen LogP) is 0.778. The molecule has 0 fully saturated rings. The summed E-state index contributed by atoms with van der Waals surface area (Å²) in [4.78, 5) is 24.5. The number of aromatic nitrogens is 1. The molecule has 2 N–H and O–H groups in total. The van der Waals surface area contributed by atoms with Gasteiger partial charge in [-0.05, 0) is 13.0 Å². The number of H-pyrrole nitrogens is 1. The SMILES string of the molecule is CCNC(=O)c1cc(Cl)[nH]c(=O)c1. The first-order valence-corrected chi connectivity index (χ1v) is 4.19. The van der Waals surface area contributed by atoms with Crippen LogP contribution >= 0.6 is 11.6 Å². The number of halogens is 1. The maximum Gasteiger partial charge on any atom is 0.251 e. The third-order valence-corrected chi connectivity index (χ3v) is 1.61. The van der Waals surface area contributed by atoms with Crippen LogP contribution in [0.4, 0.5) is 0 Å². The third-order valence-electron chi connectivity index (χ3n) is 1.41. The Morgan fingerprint density at radius 3 is 2.85 bits per heavy atom. The highest BCUT2D eigenvalue weighted by Gasteiger charge is 2.05. The standard InChI is InChI=1S/C8H9ClN2O2/c1-2-10-8(13)5-3-6(9)11-7(12)4-5/h3-4H,2H2,1H3,(H,10,13)(H,11,12). The molecule has 1 aromatic heterocycles. The Balaban J connectivity index is 3.01. The molecule has 0 unspecified atom stereocenters. The smallest absolute Gasteiger partial charge is 0.251 e. The van der Waals surface area contributed by atoms with Crippen LogP contribution in [-0.2, 0) is 0 Å². The van der Waals surface area contributed by atoms with Crippen LogP contribution in [0.2, 0.25) is 5.15 Å². The van der Waals surface area contributed by atoms with E-state index in [0.29, 0.717) is 6.54 Å². The van der Waals surface area contributed by atoms with Crippen molar-refractivity contribution in [1.29, 1.82) is 0 Å². The van der Waals surface area contributed by atoms with Crippen molar-refractivity contribution in [2.75, 3.05) is 6.54 Å². The van der Waals surface area contributed by atoms with Gasteiger partial charge in [0.25, 0.3) is 5.91 Å². The number of pyridine rings is 1. The number of nitrogens with one attached hydrogen (secondary N) is 2. The van der Waals surface area contributed by atoms with E-state index in [4.69, 9.17) is 11.6 Å². The van der Waals surface area contributed by atoms with Gasteiger partial charge in [0.05, 0.1) is 0 Å². The second-order valence-electron chi connectivity index (χ2n) is 2.44. The monoisotopic (exact) mass is 200 g/mol. The van der Waals surface area contributed by atoms with Gasteiger partial charge in [0.1, 0.15) is 5.15 Å². The van der Waals surface area contributed by atoms with E-state index in [2.05, 4.69) is 10.3 Å². The van der Waals surface area contributed by atoms with Crippen LogP contribution in [0.5, 0.6) is 0 Å². The van der Waals surface area contributed by atoms with Gasteiger partial charge in [-0.25, -0.2) is 0 Å². The van der Waals surface area contributed by atoms with E-state index in [0.717, 1.165) is 0 Å². The van der Waals surface area contributed by atoms with Crippen LogP contribution in [0.3, 0.4) is 0 Å². The number of carbonyl (C=O) groups is 1. The maximum absolute atomic E-state index is 11.2. The van der Waals surface area contributed by atoms with Crippen LogP contribution < -0.4 is 10.9 Å². The highest BCUT2D eigenvalue weighted by atomic mass is 35.5. The quantitative estimate of drug-likeness (QED) is 0.693. The average molecular weight is 201 g/mol. The molecule has 4 nitrogen and oxygen atoms in total. The number of aromatic amines is 1. The lowest BCUT2D eigenvalue weighted by Gasteiger charge is -2.00. The molecule has 1 rings (SSSR count). The fraction of sp³-hybridized carbons (Fsp3) is 0.250. The highest BCUT2D eigenvalue weighted by Crippen LogP contribution is 2.03. The van der Waals surface area contributed by atoms with Crippen LogP contribution in [-0.4, -0.2) is 17.4 Å². The zero-order chi connectivity index (χ0) is 9.84. The zero-order valence-electron chi connectivity index (χ0n) is 7.06. The van der Waals surface area contributed by atoms with Gasteiger partial charge in [-0.1, -0.05) is 11.6 Å². The predicted molar refractivity (Wildman–Crippen MR) is 50.1 cm³/mol. The molecule has 70 valence electrons. The van der Waals surface area contributed by atoms with Gasteiger partial charge in [0.15, 0.2) is 0 Å². The minimum Gasteiger partial charge on any atom is -0.352 e. The fourth-order valence-corrected chi connectivity index (χ4v) is 1.11. The Morgan fingerprint density at radius 1 is 1.62 bits per heavy atom.